The molecule has 0 unspecified atom stereocenters. The van der Waals surface area contributed by atoms with Gasteiger partial charge in [0.25, 0.3) is 0 Å². The van der Waals surface area contributed by atoms with Gasteiger partial charge in [-0.3, -0.25) is 0 Å². The number of oxime groups is 1. The lowest BCUT2D eigenvalue weighted by Gasteiger charge is -2.16. The van der Waals surface area contributed by atoms with E-state index in [-0.39, 0.29) is 6.61 Å². The summed E-state index contributed by atoms with van der Waals surface area (Å²) in [7, 11) is 0. The van der Waals surface area contributed by atoms with E-state index in [2.05, 4.69) is 17.3 Å². The summed E-state index contributed by atoms with van der Waals surface area (Å²) in [5.41, 5.74) is 4.19. The van der Waals surface area contributed by atoms with E-state index in [4.69, 9.17) is 28.0 Å². The molecular weight excluding hydrogens is 325 g/mol. The van der Waals surface area contributed by atoms with E-state index in [1.54, 1.807) is 12.1 Å². The third-order valence-electron chi connectivity index (χ3n) is 3.27. The summed E-state index contributed by atoms with van der Waals surface area (Å²) in [6.07, 6.45) is 0. The molecule has 2 nitrogen and oxygen atoms in total. The normalized spacial score (nSPS) is 15.8. The molecule has 1 heterocycles. The molecule has 0 N–H and O–H groups in total. The summed E-state index contributed by atoms with van der Waals surface area (Å²) in [4.78, 5) is 5.48. The molecule has 0 bridgehead atoms. The van der Waals surface area contributed by atoms with Crippen molar-refractivity contribution in [2.24, 2.45) is 5.16 Å². The zero-order chi connectivity index (χ0) is 14.7. The smallest absolute Gasteiger partial charge is 0.145 e. The first-order chi connectivity index (χ1) is 10.3. The summed E-state index contributed by atoms with van der Waals surface area (Å²) in [6, 6.07) is 13.7. The van der Waals surface area contributed by atoms with Crippen molar-refractivity contribution >= 4 is 40.7 Å². The molecule has 5 heteroatoms. The second-order valence-electron chi connectivity index (χ2n) is 4.66. The first kappa shape index (κ1) is 14.8. The molecule has 0 aromatic heterocycles. The molecule has 2 aromatic rings. The first-order valence-corrected chi connectivity index (χ1v) is 8.44. The van der Waals surface area contributed by atoms with Gasteiger partial charge >= 0.3 is 0 Å². The van der Waals surface area contributed by atoms with Crippen molar-refractivity contribution in [1.82, 2.24) is 0 Å². The second-order valence-corrected chi connectivity index (χ2v) is 6.46. The van der Waals surface area contributed by atoms with Gasteiger partial charge in [-0.25, -0.2) is 0 Å². The standard InChI is InChI=1S/C16H13Cl2NOS/c17-14-6-3-7-15(18)13(14)8-20-19-16-10-21-9-11-4-1-2-5-12(11)16/h1-7H,8-10H2. The van der Waals surface area contributed by atoms with Crippen LogP contribution in [0.25, 0.3) is 0 Å². The Morgan fingerprint density at radius 2 is 1.76 bits per heavy atom. The fourth-order valence-electron chi connectivity index (χ4n) is 2.18. The quantitative estimate of drug-likeness (QED) is 0.721. The fraction of sp³-hybridized carbons (Fsp3) is 0.188. The van der Waals surface area contributed by atoms with Gasteiger partial charge in [0.05, 0.1) is 5.71 Å². The van der Waals surface area contributed by atoms with E-state index in [1.165, 1.54) is 11.1 Å². The summed E-state index contributed by atoms with van der Waals surface area (Å²) in [5, 5.41) is 5.48. The minimum Gasteiger partial charge on any atom is -0.391 e. The molecule has 0 spiro atoms. The fourth-order valence-corrected chi connectivity index (χ4v) is 3.67. The molecule has 0 atom stereocenters. The largest absolute Gasteiger partial charge is 0.391 e. The zero-order valence-electron chi connectivity index (χ0n) is 11.2. The van der Waals surface area contributed by atoms with Crippen molar-refractivity contribution in [3.8, 4) is 0 Å². The number of benzene rings is 2. The van der Waals surface area contributed by atoms with E-state index >= 15 is 0 Å². The Bertz CT molecular complexity index is 667. The summed E-state index contributed by atoms with van der Waals surface area (Å²) in [6.45, 7) is 0.273. The molecule has 1 aliphatic heterocycles. The van der Waals surface area contributed by atoms with Crippen LogP contribution in [0.4, 0.5) is 0 Å². The van der Waals surface area contributed by atoms with Gasteiger partial charge in [-0.15, -0.1) is 0 Å². The van der Waals surface area contributed by atoms with Crippen molar-refractivity contribution in [1.29, 1.82) is 0 Å². The SMILES string of the molecule is Clc1cccc(Cl)c1CON=C1CSCc2ccccc21. The van der Waals surface area contributed by atoms with Crippen LogP contribution in [-0.4, -0.2) is 11.5 Å². The van der Waals surface area contributed by atoms with Crippen molar-refractivity contribution < 1.29 is 4.84 Å². The topological polar surface area (TPSA) is 21.6 Å². The van der Waals surface area contributed by atoms with Gasteiger partial charge in [0, 0.05) is 32.7 Å². The van der Waals surface area contributed by atoms with Gasteiger partial charge < -0.3 is 4.84 Å². The lowest BCUT2D eigenvalue weighted by Crippen LogP contribution is -2.13. The van der Waals surface area contributed by atoms with Crippen LogP contribution in [0.5, 0.6) is 0 Å². The number of halogens is 2. The predicted octanol–water partition coefficient (Wildman–Crippen LogP) is 5.16. The highest BCUT2D eigenvalue weighted by atomic mass is 35.5. The lowest BCUT2D eigenvalue weighted by atomic mass is 10.1. The Labute approximate surface area is 138 Å². The first-order valence-electron chi connectivity index (χ1n) is 6.53. The van der Waals surface area contributed by atoms with E-state index < -0.39 is 0 Å². The maximum atomic E-state index is 6.12. The number of rotatable bonds is 3. The highest BCUT2D eigenvalue weighted by molar-refractivity contribution is 7.99. The number of nitrogens with zero attached hydrogens (tertiary/aromatic N) is 1. The van der Waals surface area contributed by atoms with Gasteiger partial charge in [0.15, 0.2) is 0 Å². The van der Waals surface area contributed by atoms with Crippen LogP contribution >= 0.6 is 35.0 Å². The third kappa shape index (κ3) is 3.37. The zero-order valence-corrected chi connectivity index (χ0v) is 13.5. The average Bonchev–Trinajstić information content (AvgIpc) is 2.50. The molecule has 0 amide bonds. The van der Waals surface area contributed by atoms with Gasteiger partial charge in [-0.2, -0.15) is 11.8 Å². The van der Waals surface area contributed by atoms with E-state index in [9.17, 15) is 0 Å². The Hall–Kier alpha value is -1.16. The van der Waals surface area contributed by atoms with Gasteiger partial charge in [0.2, 0.25) is 0 Å². The molecule has 21 heavy (non-hydrogen) atoms. The highest BCUT2D eigenvalue weighted by Crippen LogP contribution is 2.27. The Balaban J connectivity index is 1.76. The second kappa shape index (κ2) is 6.73. The van der Waals surface area contributed by atoms with Gasteiger partial charge in [0.1, 0.15) is 6.61 Å². The Morgan fingerprint density at radius 1 is 1.00 bits per heavy atom. The summed E-state index contributed by atoms with van der Waals surface area (Å²) < 4.78 is 0. The van der Waals surface area contributed by atoms with Crippen molar-refractivity contribution in [2.45, 2.75) is 12.4 Å². The van der Waals surface area contributed by atoms with Crippen molar-refractivity contribution in [2.75, 3.05) is 5.75 Å². The molecule has 0 saturated heterocycles. The maximum absolute atomic E-state index is 6.12. The average molecular weight is 338 g/mol. The summed E-state index contributed by atoms with van der Waals surface area (Å²) >= 11 is 14.1. The third-order valence-corrected chi connectivity index (χ3v) is 4.97. The van der Waals surface area contributed by atoms with E-state index in [0.29, 0.717) is 10.0 Å². The Morgan fingerprint density at radius 3 is 2.57 bits per heavy atom. The number of hydrogen-bond acceptors (Lipinski definition) is 3. The van der Waals surface area contributed by atoms with Crippen LogP contribution in [0.15, 0.2) is 47.6 Å². The van der Waals surface area contributed by atoms with Crippen LogP contribution in [0.2, 0.25) is 10.0 Å². The molecular formula is C16H13Cl2NOS. The molecule has 2 aromatic carbocycles. The molecule has 0 fully saturated rings. The van der Waals surface area contributed by atoms with Crippen LogP contribution in [0.1, 0.15) is 16.7 Å². The molecule has 0 saturated carbocycles. The number of thioether (sulfide) groups is 1. The molecule has 0 aliphatic carbocycles. The van der Waals surface area contributed by atoms with Crippen molar-refractivity contribution in [3.05, 3.63) is 69.2 Å². The molecule has 108 valence electrons. The lowest BCUT2D eigenvalue weighted by molar-refractivity contribution is 0.130. The Kier molecular flexibility index (Phi) is 4.73. The number of hydrogen-bond donors (Lipinski definition) is 0. The number of fused-ring (bicyclic) bond motifs is 1. The monoisotopic (exact) mass is 337 g/mol. The van der Waals surface area contributed by atoms with Crippen LogP contribution < -0.4 is 0 Å². The molecule has 1 aliphatic rings. The molecule has 0 radical (unpaired) electrons. The van der Waals surface area contributed by atoms with E-state index in [0.717, 1.165) is 22.8 Å². The minimum atomic E-state index is 0.273. The maximum Gasteiger partial charge on any atom is 0.145 e. The minimum absolute atomic E-state index is 0.273. The van der Waals surface area contributed by atoms with Crippen LogP contribution in [0, 0.1) is 0 Å². The van der Waals surface area contributed by atoms with Gasteiger partial charge in [-0.05, 0) is 17.7 Å². The van der Waals surface area contributed by atoms with Crippen molar-refractivity contribution in [3.63, 3.8) is 0 Å². The van der Waals surface area contributed by atoms with Crippen LogP contribution in [0.3, 0.4) is 0 Å². The highest BCUT2D eigenvalue weighted by Gasteiger charge is 2.15. The van der Waals surface area contributed by atoms with E-state index in [1.807, 2.05) is 30.0 Å². The van der Waals surface area contributed by atoms with Crippen LogP contribution in [-0.2, 0) is 17.2 Å². The summed E-state index contributed by atoms with van der Waals surface area (Å²) in [5.74, 6) is 1.87. The van der Waals surface area contributed by atoms with Gasteiger partial charge in [-0.1, -0.05) is 58.7 Å². The predicted molar refractivity (Wildman–Crippen MR) is 90.4 cm³/mol. The molecule has 3 rings (SSSR count).